The molecule has 0 spiro atoms. The minimum atomic E-state index is -0.155. The fourth-order valence-electron chi connectivity index (χ4n) is 1.95. The van der Waals surface area contributed by atoms with Crippen LogP contribution in [0.2, 0.25) is 5.02 Å². The Labute approximate surface area is 114 Å². The maximum Gasteiger partial charge on any atom is 0.187 e. The van der Waals surface area contributed by atoms with E-state index in [0.717, 1.165) is 11.3 Å². The maximum atomic E-state index is 5.92. The third-order valence-electron chi connectivity index (χ3n) is 2.81. The van der Waals surface area contributed by atoms with Crippen molar-refractivity contribution in [3.05, 3.63) is 70.8 Å². The van der Waals surface area contributed by atoms with Crippen LogP contribution in [0.15, 0.2) is 48.7 Å². The molecule has 0 radical (unpaired) electrons. The number of nitrogens with zero attached hydrogens (tertiary/aromatic N) is 4. The van der Waals surface area contributed by atoms with Gasteiger partial charge in [0.1, 0.15) is 0 Å². The van der Waals surface area contributed by atoms with E-state index in [0.29, 0.717) is 10.8 Å². The number of hydrogen-bond donors (Lipinski definition) is 1. The van der Waals surface area contributed by atoms with Crippen LogP contribution in [0.3, 0.4) is 0 Å². The van der Waals surface area contributed by atoms with E-state index < -0.39 is 0 Å². The van der Waals surface area contributed by atoms with Crippen LogP contribution in [0.5, 0.6) is 0 Å². The number of aromatic amines is 1. The fraction of sp³-hybridized carbons (Fsp3) is 0.0769. The molecule has 0 saturated carbocycles. The summed E-state index contributed by atoms with van der Waals surface area (Å²) in [5, 5.41) is 14.9. The number of tetrazole rings is 1. The molecule has 1 N–H and O–H groups in total. The zero-order chi connectivity index (χ0) is 13.1. The molecule has 1 aromatic carbocycles. The van der Waals surface area contributed by atoms with Gasteiger partial charge in [-0.25, -0.2) is 0 Å². The Morgan fingerprint density at radius 3 is 2.53 bits per heavy atom. The Morgan fingerprint density at radius 1 is 1.05 bits per heavy atom. The van der Waals surface area contributed by atoms with Crippen molar-refractivity contribution in [2.24, 2.45) is 0 Å². The van der Waals surface area contributed by atoms with Crippen LogP contribution in [-0.2, 0) is 0 Å². The minimum Gasteiger partial charge on any atom is -0.260 e. The highest BCUT2D eigenvalue weighted by Gasteiger charge is 2.21. The van der Waals surface area contributed by atoms with Gasteiger partial charge in [0.05, 0.1) is 11.6 Å². The van der Waals surface area contributed by atoms with Gasteiger partial charge in [-0.15, -0.1) is 10.2 Å². The number of benzene rings is 1. The molecular weight excluding hydrogens is 262 g/mol. The molecule has 1 atom stereocenters. The summed E-state index contributed by atoms with van der Waals surface area (Å²) in [6.07, 6.45) is 1.75. The zero-order valence-corrected chi connectivity index (χ0v) is 10.6. The van der Waals surface area contributed by atoms with E-state index in [9.17, 15) is 0 Å². The van der Waals surface area contributed by atoms with E-state index >= 15 is 0 Å². The Balaban J connectivity index is 2.10. The Morgan fingerprint density at radius 2 is 1.89 bits per heavy atom. The van der Waals surface area contributed by atoms with Gasteiger partial charge in [0.15, 0.2) is 5.82 Å². The second kappa shape index (κ2) is 5.16. The van der Waals surface area contributed by atoms with E-state index in [1.807, 2.05) is 42.5 Å². The van der Waals surface area contributed by atoms with Crippen molar-refractivity contribution in [1.82, 2.24) is 25.6 Å². The van der Waals surface area contributed by atoms with E-state index in [1.165, 1.54) is 0 Å². The quantitative estimate of drug-likeness (QED) is 0.794. The predicted octanol–water partition coefficient (Wildman–Crippen LogP) is 2.43. The van der Waals surface area contributed by atoms with Gasteiger partial charge in [0, 0.05) is 11.2 Å². The predicted molar refractivity (Wildman–Crippen MR) is 70.8 cm³/mol. The number of pyridine rings is 1. The van der Waals surface area contributed by atoms with E-state index in [1.54, 1.807) is 6.20 Å². The average molecular weight is 272 g/mol. The largest absolute Gasteiger partial charge is 0.260 e. The molecule has 0 aliphatic rings. The normalized spacial score (nSPS) is 12.3. The van der Waals surface area contributed by atoms with Crippen LogP contribution in [0, 0.1) is 0 Å². The lowest BCUT2D eigenvalue weighted by Crippen LogP contribution is -2.07. The molecule has 19 heavy (non-hydrogen) atoms. The molecule has 0 saturated heterocycles. The lowest BCUT2D eigenvalue weighted by atomic mass is 9.94. The van der Waals surface area contributed by atoms with Crippen LogP contribution < -0.4 is 0 Å². The summed E-state index contributed by atoms with van der Waals surface area (Å²) in [6.45, 7) is 0. The van der Waals surface area contributed by atoms with Crippen LogP contribution in [-0.4, -0.2) is 25.6 Å². The van der Waals surface area contributed by atoms with Crippen LogP contribution in [0.4, 0.5) is 0 Å². The molecule has 3 rings (SSSR count). The highest BCUT2D eigenvalue weighted by Crippen LogP contribution is 2.28. The molecule has 0 amide bonds. The summed E-state index contributed by atoms with van der Waals surface area (Å²) < 4.78 is 0. The van der Waals surface area contributed by atoms with Crippen molar-refractivity contribution < 1.29 is 0 Å². The maximum absolute atomic E-state index is 5.92. The lowest BCUT2D eigenvalue weighted by Gasteiger charge is -2.13. The molecule has 0 bridgehead atoms. The van der Waals surface area contributed by atoms with Gasteiger partial charge in [-0.3, -0.25) is 4.98 Å². The molecule has 0 fully saturated rings. The SMILES string of the molecule is Clc1ccc(C(c2ccccn2)c2nn[nH]n2)cc1. The van der Waals surface area contributed by atoms with Crippen molar-refractivity contribution in [2.45, 2.75) is 5.92 Å². The number of nitrogens with one attached hydrogen (secondary N) is 1. The van der Waals surface area contributed by atoms with Crippen molar-refractivity contribution >= 4 is 11.6 Å². The third kappa shape index (κ3) is 2.46. The molecule has 3 aromatic rings. The van der Waals surface area contributed by atoms with Gasteiger partial charge in [-0.1, -0.05) is 35.0 Å². The molecule has 2 aromatic heterocycles. The van der Waals surface area contributed by atoms with Gasteiger partial charge in [-0.05, 0) is 29.8 Å². The number of halogens is 1. The van der Waals surface area contributed by atoms with Gasteiger partial charge in [-0.2, -0.15) is 5.21 Å². The second-order valence-electron chi connectivity index (χ2n) is 4.01. The summed E-state index contributed by atoms with van der Waals surface area (Å²) in [5.41, 5.74) is 1.88. The topological polar surface area (TPSA) is 67.3 Å². The van der Waals surface area contributed by atoms with Crippen LogP contribution >= 0.6 is 11.6 Å². The standard InChI is InChI=1S/C13H10ClN5/c14-10-6-4-9(5-7-10)12(13-16-18-19-17-13)11-3-1-2-8-15-11/h1-8,12H,(H,16,17,18,19). The molecule has 1 unspecified atom stereocenters. The van der Waals surface area contributed by atoms with E-state index in [4.69, 9.17) is 11.6 Å². The number of hydrogen-bond acceptors (Lipinski definition) is 4. The van der Waals surface area contributed by atoms with Crippen molar-refractivity contribution in [2.75, 3.05) is 0 Å². The molecule has 5 nitrogen and oxygen atoms in total. The first-order chi connectivity index (χ1) is 9.34. The minimum absolute atomic E-state index is 0.155. The van der Waals surface area contributed by atoms with E-state index in [-0.39, 0.29) is 5.92 Å². The molecular formula is C13H10ClN5. The summed E-state index contributed by atoms with van der Waals surface area (Å²) in [5.74, 6) is 0.429. The van der Waals surface area contributed by atoms with Crippen LogP contribution in [0.1, 0.15) is 23.0 Å². The van der Waals surface area contributed by atoms with Crippen molar-refractivity contribution in [3.8, 4) is 0 Å². The monoisotopic (exact) mass is 271 g/mol. The molecule has 94 valence electrons. The molecule has 2 heterocycles. The average Bonchev–Trinajstić information content (AvgIpc) is 2.96. The Hall–Kier alpha value is -2.27. The van der Waals surface area contributed by atoms with Crippen molar-refractivity contribution in [1.29, 1.82) is 0 Å². The fourth-order valence-corrected chi connectivity index (χ4v) is 2.07. The lowest BCUT2D eigenvalue weighted by molar-refractivity contribution is 0.829. The summed E-state index contributed by atoms with van der Waals surface area (Å²) in [4.78, 5) is 4.38. The first-order valence-corrected chi connectivity index (χ1v) is 6.12. The van der Waals surface area contributed by atoms with Crippen molar-refractivity contribution in [3.63, 3.8) is 0 Å². The van der Waals surface area contributed by atoms with Gasteiger partial charge < -0.3 is 0 Å². The van der Waals surface area contributed by atoms with Crippen LogP contribution in [0.25, 0.3) is 0 Å². The highest BCUT2D eigenvalue weighted by molar-refractivity contribution is 6.30. The van der Waals surface area contributed by atoms with Gasteiger partial charge in [0.2, 0.25) is 0 Å². The number of aromatic nitrogens is 5. The summed E-state index contributed by atoms with van der Waals surface area (Å²) in [6, 6.07) is 13.3. The second-order valence-corrected chi connectivity index (χ2v) is 4.45. The van der Waals surface area contributed by atoms with Gasteiger partial charge >= 0.3 is 0 Å². The molecule has 0 aliphatic carbocycles. The van der Waals surface area contributed by atoms with E-state index in [2.05, 4.69) is 25.6 Å². The molecule has 6 heteroatoms. The Bertz CT molecular complexity index is 637. The first kappa shape index (κ1) is 11.8. The first-order valence-electron chi connectivity index (χ1n) is 5.74. The zero-order valence-electron chi connectivity index (χ0n) is 9.86. The smallest absolute Gasteiger partial charge is 0.187 e. The highest BCUT2D eigenvalue weighted by atomic mass is 35.5. The summed E-state index contributed by atoms with van der Waals surface area (Å²) in [7, 11) is 0. The summed E-state index contributed by atoms with van der Waals surface area (Å²) >= 11 is 5.92. The van der Waals surface area contributed by atoms with Gasteiger partial charge in [0.25, 0.3) is 0 Å². The number of H-pyrrole nitrogens is 1. The molecule has 0 aliphatic heterocycles. The Kier molecular flexibility index (Phi) is 3.20. The third-order valence-corrected chi connectivity index (χ3v) is 3.06. The number of rotatable bonds is 3.